The lowest BCUT2D eigenvalue weighted by Gasteiger charge is -2.36. The Balaban J connectivity index is 1.56. The van der Waals surface area contributed by atoms with E-state index in [2.05, 4.69) is 16.0 Å². The molecule has 5 amide bonds. The summed E-state index contributed by atoms with van der Waals surface area (Å²) >= 11 is 6.92. The summed E-state index contributed by atoms with van der Waals surface area (Å²) in [6.07, 6.45) is 1.76. The maximum atomic E-state index is 12.4. The average Bonchev–Trinajstić information content (AvgIpc) is 3.11. The maximum Gasteiger partial charge on any atom is 0.362 e. The summed E-state index contributed by atoms with van der Waals surface area (Å²) in [7, 11) is -4.66. The first-order valence-corrected chi connectivity index (χ1v) is 11.4. The molecule has 0 bridgehead atoms. The molecule has 2 atom stereocenters. The highest BCUT2D eigenvalue weighted by Gasteiger charge is 2.45. The van der Waals surface area contributed by atoms with E-state index >= 15 is 0 Å². The molecular weight excluding hydrogens is 472 g/mol. The Kier molecular flexibility index (Phi) is 6.59. The smallest absolute Gasteiger partial charge is 0.343 e. The number of urea groups is 1. The number of carbonyl (C=O) groups excluding carboxylic acids is 4. The molecule has 0 aromatic heterocycles. The van der Waals surface area contributed by atoms with Crippen LogP contribution in [-0.4, -0.2) is 58.5 Å². The predicted molar refractivity (Wildman–Crippen MR) is 111 cm³/mol. The van der Waals surface area contributed by atoms with Gasteiger partial charge in [0.05, 0.1) is 13.0 Å². The lowest BCUT2D eigenvalue weighted by molar-refractivity contribution is -0.140. The van der Waals surface area contributed by atoms with Crippen molar-refractivity contribution >= 4 is 57.4 Å². The van der Waals surface area contributed by atoms with Gasteiger partial charge >= 0.3 is 16.3 Å². The molecule has 2 aliphatic heterocycles. The van der Waals surface area contributed by atoms with Gasteiger partial charge in [-0.05, 0) is 36.1 Å². The summed E-state index contributed by atoms with van der Waals surface area (Å²) in [6.45, 7) is -0.384. The van der Waals surface area contributed by atoms with E-state index < -0.39 is 45.0 Å². The Morgan fingerprint density at radius 2 is 1.94 bits per heavy atom. The van der Waals surface area contributed by atoms with Gasteiger partial charge in [-0.2, -0.15) is 8.42 Å². The van der Waals surface area contributed by atoms with Crippen molar-refractivity contribution in [2.24, 2.45) is 0 Å². The van der Waals surface area contributed by atoms with Crippen molar-refractivity contribution in [3.63, 3.8) is 0 Å². The number of imide groups is 1. The second-order valence-electron chi connectivity index (χ2n) is 6.75. The fraction of sp³-hybridized carbons (Fsp3) is 0.294. The Morgan fingerprint density at radius 1 is 1.26 bits per heavy atom. The number of benzene rings is 1. The van der Waals surface area contributed by atoms with Crippen LogP contribution in [0.2, 0.25) is 5.02 Å². The van der Waals surface area contributed by atoms with Crippen LogP contribution >= 0.6 is 23.4 Å². The Hall–Kier alpha value is -2.61. The third kappa shape index (κ3) is 5.55. The van der Waals surface area contributed by atoms with Crippen molar-refractivity contribution in [1.82, 2.24) is 20.3 Å². The monoisotopic (exact) mass is 488 g/mol. The minimum atomic E-state index is -4.66. The Bertz CT molecular complexity index is 1050. The summed E-state index contributed by atoms with van der Waals surface area (Å²) in [6, 6.07) is 3.99. The maximum absolute atomic E-state index is 12.4. The standard InChI is InChI=1S/C17H17ClN4O7S2/c18-11-4-2-10(3-5-11)14(24)20-16(26)21-17(6-1-7-30-17)8-13(23)19-12-9-22(15(12)25)31(27,28)29/h1-5,7,12H,6,8-9H2,(H,19,23)(H,27,28,29)(H2,20,21,24,26). The number of rotatable bonds is 6. The number of thioether (sulfide) groups is 1. The van der Waals surface area contributed by atoms with Crippen molar-refractivity contribution in [3.8, 4) is 0 Å². The van der Waals surface area contributed by atoms with Crippen molar-refractivity contribution in [2.75, 3.05) is 6.54 Å². The van der Waals surface area contributed by atoms with Crippen LogP contribution in [0, 0.1) is 0 Å². The SMILES string of the molecule is O=C(CC1(NC(=O)NC(=O)c2ccc(Cl)cc2)CC=CS1)NC1CN(S(=O)(=O)O)C1=O. The highest BCUT2D eigenvalue weighted by atomic mass is 35.5. The van der Waals surface area contributed by atoms with Gasteiger partial charge in [0.2, 0.25) is 5.91 Å². The topological polar surface area (TPSA) is 162 Å². The summed E-state index contributed by atoms with van der Waals surface area (Å²) in [5, 5.41) is 9.26. The fourth-order valence-corrected chi connectivity index (χ4v) is 4.76. The molecule has 31 heavy (non-hydrogen) atoms. The van der Waals surface area contributed by atoms with Crippen LogP contribution in [0.3, 0.4) is 0 Å². The second kappa shape index (κ2) is 8.86. The first-order chi connectivity index (χ1) is 14.5. The normalized spacial score (nSPS) is 22.6. The van der Waals surface area contributed by atoms with Crippen LogP contribution in [0.15, 0.2) is 35.7 Å². The van der Waals surface area contributed by atoms with Crippen molar-refractivity contribution in [3.05, 3.63) is 46.3 Å². The first kappa shape index (κ1) is 23.1. The molecule has 0 radical (unpaired) electrons. The molecule has 14 heteroatoms. The predicted octanol–water partition coefficient (Wildman–Crippen LogP) is 0.646. The Morgan fingerprint density at radius 3 is 2.48 bits per heavy atom. The van der Waals surface area contributed by atoms with Crippen LogP contribution < -0.4 is 16.0 Å². The van der Waals surface area contributed by atoms with E-state index in [1.165, 1.54) is 24.3 Å². The molecule has 2 heterocycles. The van der Waals surface area contributed by atoms with Gasteiger partial charge in [0.15, 0.2) is 0 Å². The van der Waals surface area contributed by atoms with Gasteiger partial charge < -0.3 is 10.6 Å². The molecule has 1 aromatic rings. The zero-order chi connectivity index (χ0) is 22.8. The van der Waals surface area contributed by atoms with Gasteiger partial charge in [-0.25, -0.2) is 9.10 Å². The molecule has 2 aliphatic rings. The van der Waals surface area contributed by atoms with E-state index in [0.717, 1.165) is 11.8 Å². The van der Waals surface area contributed by atoms with E-state index in [1.807, 2.05) is 0 Å². The molecule has 4 N–H and O–H groups in total. The molecule has 1 saturated heterocycles. The molecule has 0 spiro atoms. The number of nitrogens with zero attached hydrogens (tertiary/aromatic N) is 1. The molecule has 11 nitrogen and oxygen atoms in total. The van der Waals surface area contributed by atoms with Gasteiger partial charge in [-0.3, -0.25) is 24.3 Å². The minimum absolute atomic E-state index is 0.218. The van der Waals surface area contributed by atoms with E-state index in [9.17, 15) is 27.6 Å². The second-order valence-corrected chi connectivity index (χ2v) is 9.81. The summed E-state index contributed by atoms with van der Waals surface area (Å²) in [5.41, 5.74) is 0.218. The quantitative estimate of drug-likeness (QED) is 0.335. The molecule has 3 rings (SSSR count). The fourth-order valence-electron chi connectivity index (χ4n) is 2.93. The third-order valence-electron chi connectivity index (χ3n) is 4.46. The average molecular weight is 489 g/mol. The van der Waals surface area contributed by atoms with Crippen LogP contribution in [0.25, 0.3) is 0 Å². The molecule has 1 fully saturated rings. The largest absolute Gasteiger partial charge is 0.362 e. The van der Waals surface area contributed by atoms with Gasteiger partial charge in [0.1, 0.15) is 10.9 Å². The van der Waals surface area contributed by atoms with Crippen LogP contribution in [0.1, 0.15) is 23.2 Å². The Labute approximate surface area is 186 Å². The number of amides is 5. The summed E-state index contributed by atoms with van der Waals surface area (Å²) in [5.74, 6) is -2.23. The summed E-state index contributed by atoms with van der Waals surface area (Å²) < 4.78 is 31.0. The first-order valence-electron chi connectivity index (χ1n) is 8.79. The highest BCUT2D eigenvalue weighted by molar-refractivity contribution is 8.03. The number of β-lactam (4-membered cyclic amide) rings is 1. The molecule has 0 aliphatic carbocycles. The van der Waals surface area contributed by atoms with Gasteiger partial charge in [0, 0.05) is 10.6 Å². The molecule has 1 aromatic carbocycles. The minimum Gasteiger partial charge on any atom is -0.343 e. The van der Waals surface area contributed by atoms with Crippen molar-refractivity contribution in [2.45, 2.75) is 23.8 Å². The van der Waals surface area contributed by atoms with Crippen molar-refractivity contribution < 1.29 is 32.1 Å². The molecule has 166 valence electrons. The van der Waals surface area contributed by atoms with Gasteiger partial charge in [-0.1, -0.05) is 17.7 Å². The lowest BCUT2D eigenvalue weighted by atomic mass is 10.1. The van der Waals surface area contributed by atoms with E-state index in [1.54, 1.807) is 11.5 Å². The van der Waals surface area contributed by atoms with Gasteiger partial charge in [0.25, 0.3) is 11.8 Å². The number of carbonyl (C=O) groups is 4. The molecular formula is C17H17ClN4O7S2. The van der Waals surface area contributed by atoms with E-state index in [4.69, 9.17) is 16.2 Å². The van der Waals surface area contributed by atoms with E-state index in [-0.39, 0.29) is 29.3 Å². The number of hydrogen-bond acceptors (Lipinski definition) is 7. The molecule has 0 saturated carbocycles. The lowest BCUT2D eigenvalue weighted by Crippen LogP contribution is -2.65. The van der Waals surface area contributed by atoms with Crippen LogP contribution in [-0.2, 0) is 19.9 Å². The number of hydrogen-bond donors (Lipinski definition) is 4. The highest BCUT2D eigenvalue weighted by Crippen LogP contribution is 2.37. The molecule has 2 unspecified atom stereocenters. The number of halogens is 1. The van der Waals surface area contributed by atoms with Crippen molar-refractivity contribution in [1.29, 1.82) is 0 Å². The van der Waals surface area contributed by atoms with E-state index in [0.29, 0.717) is 5.02 Å². The number of nitrogens with one attached hydrogen (secondary N) is 3. The van der Waals surface area contributed by atoms with Crippen LogP contribution in [0.4, 0.5) is 4.79 Å². The zero-order valence-corrected chi connectivity index (χ0v) is 18.1. The van der Waals surface area contributed by atoms with Gasteiger partial charge in [-0.15, -0.1) is 11.8 Å². The zero-order valence-electron chi connectivity index (χ0n) is 15.7. The summed E-state index contributed by atoms with van der Waals surface area (Å²) in [4.78, 5) is 47.5. The third-order valence-corrected chi connectivity index (χ3v) is 6.80. The van der Waals surface area contributed by atoms with Crippen LogP contribution in [0.5, 0.6) is 0 Å².